The molecular weight excluding hydrogens is 364 g/mol. The molecule has 0 unspecified atom stereocenters. The number of benzene rings is 1. The molecule has 1 aliphatic heterocycles. The fourth-order valence-electron chi connectivity index (χ4n) is 3.18. The highest BCUT2D eigenvalue weighted by molar-refractivity contribution is 6.03. The summed E-state index contributed by atoms with van der Waals surface area (Å²) in [6.07, 6.45) is 1.34. The highest BCUT2D eigenvalue weighted by Gasteiger charge is 2.28. The summed E-state index contributed by atoms with van der Waals surface area (Å²) in [5.41, 5.74) is 1.46. The van der Waals surface area contributed by atoms with Crippen LogP contribution in [0.5, 0.6) is 0 Å². The van der Waals surface area contributed by atoms with E-state index in [2.05, 4.69) is 10.00 Å². The summed E-state index contributed by atoms with van der Waals surface area (Å²) in [4.78, 5) is 39.3. The number of esters is 1. The van der Waals surface area contributed by atoms with Gasteiger partial charge in [-0.25, -0.2) is 9.59 Å². The molecule has 2 heterocycles. The third-order valence-corrected chi connectivity index (χ3v) is 4.70. The standard InChI is InChI=1S/C19H22N4O5/c1-21-12-15(18(25)26)16(20-21)17(24)23-9-7-22(8-10-23)11-13-3-5-14(6-4-13)19(27)28-2/h3-6,12H,7-11H2,1-2H3,(H,25,26). The van der Waals surface area contributed by atoms with Gasteiger partial charge in [0.15, 0.2) is 5.69 Å². The number of hydrogen-bond acceptors (Lipinski definition) is 6. The number of rotatable bonds is 5. The molecule has 1 saturated heterocycles. The van der Waals surface area contributed by atoms with E-state index in [1.54, 1.807) is 24.1 Å². The van der Waals surface area contributed by atoms with E-state index in [-0.39, 0.29) is 23.1 Å². The highest BCUT2D eigenvalue weighted by atomic mass is 16.5. The zero-order chi connectivity index (χ0) is 20.3. The molecule has 1 N–H and O–H groups in total. The van der Waals surface area contributed by atoms with Crippen LogP contribution in [0.25, 0.3) is 0 Å². The Kier molecular flexibility index (Phi) is 5.74. The van der Waals surface area contributed by atoms with E-state index < -0.39 is 5.97 Å². The van der Waals surface area contributed by atoms with E-state index in [1.165, 1.54) is 18.0 Å². The molecule has 1 aliphatic rings. The first-order valence-electron chi connectivity index (χ1n) is 8.85. The number of piperazine rings is 1. The lowest BCUT2D eigenvalue weighted by Gasteiger charge is -2.34. The molecule has 0 radical (unpaired) electrons. The summed E-state index contributed by atoms with van der Waals surface area (Å²) in [6, 6.07) is 7.23. The Morgan fingerprint density at radius 3 is 2.32 bits per heavy atom. The second kappa shape index (κ2) is 8.22. The van der Waals surface area contributed by atoms with Crippen molar-refractivity contribution >= 4 is 17.8 Å². The van der Waals surface area contributed by atoms with Gasteiger partial charge in [0.1, 0.15) is 5.56 Å². The van der Waals surface area contributed by atoms with E-state index in [1.807, 2.05) is 12.1 Å². The van der Waals surface area contributed by atoms with Crippen LogP contribution in [0.3, 0.4) is 0 Å². The van der Waals surface area contributed by atoms with Gasteiger partial charge >= 0.3 is 11.9 Å². The second-order valence-electron chi connectivity index (χ2n) is 6.63. The molecule has 2 aromatic rings. The van der Waals surface area contributed by atoms with Gasteiger partial charge in [-0.3, -0.25) is 14.4 Å². The lowest BCUT2D eigenvalue weighted by atomic mass is 10.1. The van der Waals surface area contributed by atoms with Crippen molar-refractivity contribution in [2.75, 3.05) is 33.3 Å². The fourth-order valence-corrected chi connectivity index (χ4v) is 3.18. The Morgan fingerprint density at radius 1 is 1.11 bits per heavy atom. The molecule has 0 spiro atoms. The number of nitrogens with zero attached hydrogens (tertiary/aromatic N) is 4. The van der Waals surface area contributed by atoms with Gasteiger partial charge in [0.2, 0.25) is 0 Å². The summed E-state index contributed by atoms with van der Waals surface area (Å²) in [5, 5.41) is 13.3. The molecule has 0 aliphatic carbocycles. The van der Waals surface area contributed by atoms with Crippen LogP contribution in [0.4, 0.5) is 0 Å². The molecule has 1 fully saturated rings. The summed E-state index contributed by atoms with van der Waals surface area (Å²) in [6.45, 7) is 3.02. The SMILES string of the molecule is COC(=O)c1ccc(CN2CCN(C(=O)c3nn(C)cc3C(=O)O)CC2)cc1. The van der Waals surface area contributed by atoms with Crippen molar-refractivity contribution in [3.63, 3.8) is 0 Å². The molecule has 1 aromatic heterocycles. The average Bonchev–Trinajstić information content (AvgIpc) is 3.10. The van der Waals surface area contributed by atoms with E-state index >= 15 is 0 Å². The van der Waals surface area contributed by atoms with Crippen molar-refractivity contribution in [3.05, 3.63) is 52.8 Å². The van der Waals surface area contributed by atoms with Crippen LogP contribution in [0.15, 0.2) is 30.5 Å². The number of carbonyl (C=O) groups is 3. The maximum absolute atomic E-state index is 12.7. The third kappa shape index (κ3) is 4.20. The number of amides is 1. The van der Waals surface area contributed by atoms with Crippen molar-refractivity contribution in [1.29, 1.82) is 0 Å². The molecule has 1 aromatic carbocycles. The van der Waals surface area contributed by atoms with Crippen LogP contribution in [0.2, 0.25) is 0 Å². The Morgan fingerprint density at radius 2 is 1.75 bits per heavy atom. The van der Waals surface area contributed by atoms with Crippen molar-refractivity contribution in [2.45, 2.75) is 6.54 Å². The summed E-state index contributed by atoms with van der Waals surface area (Å²) < 4.78 is 6.03. The van der Waals surface area contributed by atoms with Gasteiger partial charge in [-0.15, -0.1) is 0 Å². The molecule has 148 valence electrons. The largest absolute Gasteiger partial charge is 0.478 e. The smallest absolute Gasteiger partial charge is 0.339 e. The monoisotopic (exact) mass is 386 g/mol. The zero-order valence-electron chi connectivity index (χ0n) is 15.8. The molecular formula is C19H22N4O5. The number of ether oxygens (including phenoxy) is 1. The van der Waals surface area contributed by atoms with Crippen molar-refractivity contribution in [1.82, 2.24) is 19.6 Å². The number of carbonyl (C=O) groups excluding carboxylic acids is 2. The van der Waals surface area contributed by atoms with Gasteiger partial charge in [-0.05, 0) is 17.7 Å². The molecule has 0 saturated carbocycles. The predicted octanol–water partition coefficient (Wildman–Crippen LogP) is 0.863. The number of carboxylic acids is 1. The molecule has 1 amide bonds. The summed E-state index contributed by atoms with van der Waals surface area (Å²) in [7, 11) is 2.94. The minimum Gasteiger partial charge on any atom is -0.478 e. The number of aryl methyl sites for hydroxylation is 1. The van der Waals surface area contributed by atoms with E-state index in [9.17, 15) is 19.5 Å². The molecule has 9 nitrogen and oxygen atoms in total. The van der Waals surface area contributed by atoms with Gasteiger partial charge in [0.05, 0.1) is 12.7 Å². The van der Waals surface area contributed by atoms with Crippen LogP contribution in [-0.4, -0.2) is 75.8 Å². The number of aromatic carboxylic acids is 1. The lowest BCUT2D eigenvalue weighted by Crippen LogP contribution is -2.48. The third-order valence-electron chi connectivity index (χ3n) is 4.70. The van der Waals surface area contributed by atoms with Crippen LogP contribution >= 0.6 is 0 Å². The molecule has 0 bridgehead atoms. The Labute approximate surface area is 162 Å². The van der Waals surface area contributed by atoms with Crippen molar-refractivity contribution in [3.8, 4) is 0 Å². The topological polar surface area (TPSA) is 105 Å². The predicted molar refractivity (Wildman–Crippen MR) is 99.1 cm³/mol. The number of carboxylic acid groups (broad SMARTS) is 1. The molecule has 28 heavy (non-hydrogen) atoms. The summed E-state index contributed by atoms with van der Waals surface area (Å²) in [5.74, 6) is -1.89. The van der Waals surface area contributed by atoms with Crippen molar-refractivity contribution in [2.24, 2.45) is 7.05 Å². The fraction of sp³-hybridized carbons (Fsp3) is 0.368. The maximum Gasteiger partial charge on any atom is 0.339 e. The second-order valence-corrected chi connectivity index (χ2v) is 6.63. The van der Waals surface area contributed by atoms with E-state index in [0.717, 1.165) is 5.56 Å². The normalized spacial score (nSPS) is 14.7. The number of methoxy groups -OCH3 is 1. The van der Waals surface area contributed by atoms with Crippen LogP contribution < -0.4 is 0 Å². The number of aromatic nitrogens is 2. The lowest BCUT2D eigenvalue weighted by molar-refractivity contribution is 0.0599. The van der Waals surface area contributed by atoms with E-state index in [4.69, 9.17) is 4.74 Å². The van der Waals surface area contributed by atoms with E-state index in [0.29, 0.717) is 38.3 Å². The van der Waals surface area contributed by atoms with Gasteiger partial charge in [-0.1, -0.05) is 12.1 Å². The minimum atomic E-state index is -1.16. The van der Waals surface area contributed by atoms with Crippen molar-refractivity contribution < 1.29 is 24.2 Å². The first-order valence-corrected chi connectivity index (χ1v) is 8.85. The van der Waals surface area contributed by atoms with Crippen LogP contribution in [0, 0.1) is 0 Å². The molecule has 9 heteroatoms. The Balaban J connectivity index is 1.58. The maximum atomic E-state index is 12.7. The van der Waals surface area contributed by atoms with Crippen LogP contribution in [0.1, 0.15) is 36.8 Å². The summed E-state index contributed by atoms with van der Waals surface area (Å²) >= 11 is 0. The quantitative estimate of drug-likeness (QED) is 0.760. The van der Waals surface area contributed by atoms with Gasteiger partial charge in [0, 0.05) is 46.0 Å². The first kappa shape index (κ1) is 19.6. The van der Waals surface area contributed by atoms with Gasteiger partial charge in [0.25, 0.3) is 5.91 Å². The van der Waals surface area contributed by atoms with Crippen LogP contribution in [-0.2, 0) is 18.3 Å². The Bertz CT molecular complexity index is 882. The zero-order valence-corrected chi connectivity index (χ0v) is 15.8. The number of hydrogen-bond donors (Lipinski definition) is 1. The van der Waals surface area contributed by atoms with Gasteiger partial charge in [-0.2, -0.15) is 5.10 Å². The molecule has 3 rings (SSSR count). The minimum absolute atomic E-state index is 0.0261. The Hall–Kier alpha value is -3.20. The highest BCUT2D eigenvalue weighted by Crippen LogP contribution is 2.14. The molecule has 0 atom stereocenters. The van der Waals surface area contributed by atoms with Gasteiger partial charge < -0.3 is 14.7 Å². The first-order chi connectivity index (χ1) is 13.4. The average molecular weight is 386 g/mol.